The van der Waals surface area contributed by atoms with Crippen LogP contribution in [0.5, 0.6) is 0 Å². The summed E-state index contributed by atoms with van der Waals surface area (Å²) < 4.78 is 13.8. The molecule has 0 bridgehead atoms. The van der Waals surface area contributed by atoms with Crippen LogP contribution in [0.4, 0.5) is 10.1 Å². The van der Waals surface area contributed by atoms with Gasteiger partial charge in [-0.2, -0.15) is 0 Å². The number of imidazole rings is 1. The molecule has 4 aromatic rings. The van der Waals surface area contributed by atoms with Crippen molar-refractivity contribution in [1.82, 2.24) is 15.0 Å². The van der Waals surface area contributed by atoms with E-state index in [1.54, 1.807) is 24.3 Å². The summed E-state index contributed by atoms with van der Waals surface area (Å²) in [6.45, 7) is 2.17. The summed E-state index contributed by atoms with van der Waals surface area (Å²) in [5.41, 5.74) is 3.55. The van der Waals surface area contributed by atoms with Crippen LogP contribution in [-0.4, -0.2) is 19.9 Å². The van der Waals surface area contributed by atoms with E-state index in [9.17, 15) is 14.5 Å². The summed E-state index contributed by atoms with van der Waals surface area (Å²) in [6.07, 6.45) is 6.01. The van der Waals surface area contributed by atoms with Gasteiger partial charge >= 0.3 is 0 Å². The molecule has 5 rings (SSSR count). The maximum absolute atomic E-state index is 13.8. The number of hydrogen-bond acceptors (Lipinski definition) is 4. The standard InChI is InChI=1S/C24H23FN4O2/c1-14(24-27-22-9-7-18(29(30)31)13-23(22)28-24)15-2-4-16(5-3-15)19-10-11-26-21-8-6-17(25)12-20(19)21/h6-16H,2-5H2,1H3,(H,27,28). The Hall–Kier alpha value is -3.35. The Kier molecular flexibility index (Phi) is 4.88. The lowest BCUT2D eigenvalue weighted by Gasteiger charge is -2.32. The molecular weight excluding hydrogens is 395 g/mol. The van der Waals surface area contributed by atoms with E-state index in [4.69, 9.17) is 0 Å². The third kappa shape index (κ3) is 3.65. The van der Waals surface area contributed by atoms with Gasteiger partial charge in [-0.25, -0.2) is 9.37 Å². The van der Waals surface area contributed by atoms with Crippen LogP contribution < -0.4 is 0 Å². The van der Waals surface area contributed by atoms with Crippen LogP contribution in [0.15, 0.2) is 48.7 Å². The zero-order valence-electron chi connectivity index (χ0n) is 17.2. The molecule has 1 aliphatic rings. The number of pyridine rings is 1. The number of aromatic nitrogens is 3. The topological polar surface area (TPSA) is 84.7 Å². The lowest BCUT2D eigenvalue weighted by Crippen LogP contribution is -2.19. The normalized spacial score (nSPS) is 20.2. The summed E-state index contributed by atoms with van der Waals surface area (Å²) in [5, 5.41) is 11.9. The van der Waals surface area contributed by atoms with Crippen molar-refractivity contribution < 1.29 is 9.31 Å². The van der Waals surface area contributed by atoms with Gasteiger partial charge in [0.1, 0.15) is 11.6 Å². The number of aromatic amines is 1. The molecule has 31 heavy (non-hydrogen) atoms. The summed E-state index contributed by atoms with van der Waals surface area (Å²) >= 11 is 0. The first-order valence-electron chi connectivity index (χ1n) is 10.7. The molecule has 158 valence electrons. The van der Waals surface area contributed by atoms with Gasteiger partial charge in [0.2, 0.25) is 0 Å². The second kappa shape index (κ2) is 7.72. The SMILES string of the molecule is CC(c1nc2ccc([N+](=O)[O-])cc2[nH]1)C1CCC(c2ccnc3ccc(F)cc23)CC1. The first-order chi connectivity index (χ1) is 15.0. The number of nitrogens with zero attached hydrogens (tertiary/aromatic N) is 3. The number of nitro benzene ring substituents is 1. The van der Waals surface area contributed by atoms with Crippen molar-refractivity contribution in [3.8, 4) is 0 Å². The lowest BCUT2D eigenvalue weighted by atomic mass is 9.73. The number of H-pyrrole nitrogens is 1. The second-order valence-electron chi connectivity index (χ2n) is 8.54. The van der Waals surface area contributed by atoms with Gasteiger partial charge in [-0.15, -0.1) is 0 Å². The molecule has 0 radical (unpaired) electrons. The fraction of sp³-hybridized carbons (Fsp3) is 0.333. The van der Waals surface area contributed by atoms with E-state index < -0.39 is 0 Å². The van der Waals surface area contributed by atoms with Gasteiger partial charge in [-0.05, 0) is 73.4 Å². The summed E-state index contributed by atoms with van der Waals surface area (Å²) in [4.78, 5) is 23.0. The van der Waals surface area contributed by atoms with Crippen LogP contribution in [-0.2, 0) is 0 Å². The molecule has 2 aromatic carbocycles. The Labute approximate surface area is 178 Å². The van der Waals surface area contributed by atoms with Crippen LogP contribution in [0, 0.1) is 21.8 Å². The number of nitro groups is 1. The van der Waals surface area contributed by atoms with E-state index in [2.05, 4.69) is 21.9 Å². The molecule has 1 saturated carbocycles. The quantitative estimate of drug-likeness (QED) is 0.314. The van der Waals surface area contributed by atoms with Crippen LogP contribution in [0.25, 0.3) is 21.9 Å². The van der Waals surface area contributed by atoms with Gasteiger partial charge in [-0.1, -0.05) is 6.92 Å². The van der Waals surface area contributed by atoms with E-state index in [-0.39, 0.29) is 22.3 Å². The van der Waals surface area contributed by atoms with Crippen LogP contribution >= 0.6 is 0 Å². The average molecular weight is 418 g/mol. The third-order valence-corrected chi connectivity index (χ3v) is 6.78. The Morgan fingerprint density at radius 3 is 2.65 bits per heavy atom. The number of nitrogens with one attached hydrogen (secondary N) is 1. The molecule has 1 unspecified atom stereocenters. The monoisotopic (exact) mass is 418 g/mol. The Morgan fingerprint density at radius 2 is 1.87 bits per heavy atom. The predicted molar refractivity (Wildman–Crippen MR) is 118 cm³/mol. The zero-order valence-corrected chi connectivity index (χ0v) is 17.2. The van der Waals surface area contributed by atoms with Gasteiger partial charge in [0.25, 0.3) is 5.69 Å². The predicted octanol–water partition coefficient (Wildman–Crippen LogP) is 6.24. The molecule has 2 heterocycles. The molecule has 0 aliphatic heterocycles. The van der Waals surface area contributed by atoms with Crippen LogP contribution in [0.1, 0.15) is 55.8 Å². The molecule has 6 nitrogen and oxygen atoms in total. The van der Waals surface area contributed by atoms with Crippen molar-refractivity contribution in [3.63, 3.8) is 0 Å². The van der Waals surface area contributed by atoms with E-state index in [0.29, 0.717) is 17.4 Å². The molecule has 7 heteroatoms. The summed E-state index contributed by atoms with van der Waals surface area (Å²) in [6, 6.07) is 11.6. The highest BCUT2D eigenvalue weighted by Gasteiger charge is 2.29. The molecule has 1 fully saturated rings. The van der Waals surface area contributed by atoms with Gasteiger partial charge in [0.05, 0.1) is 21.5 Å². The fourth-order valence-electron chi connectivity index (χ4n) is 5.00. The molecular formula is C24H23FN4O2. The number of hydrogen-bond donors (Lipinski definition) is 1. The largest absolute Gasteiger partial charge is 0.342 e. The van der Waals surface area contributed by atoms with Gasteiger partial charge in [-0.3, -0.25) is 15.1 Å². The summed E-state index contributed by atoms with van der Waals surface area (Å²) in [7, 11) is 0. The fourth-order valence-corrected chi connectivity index (χ4v) is 5.00. The first kappa shape index (κ1) is 19.6. The lowest BCUT2D eigenvalue weighted by molar-refractivity contribution is -0.384. The minimum Gasteiger partial charge on any atom is -0.342 e. The van der Waals surface area contributed by atoms with Gasteiger partial charge < -0.3 is 4.98 Å². The van der Waals surface area contributed by atoms with Crippen molar-refractivity contribution in [2.75, 3.05) is 0 Å². The molecule has 2 aromatic heterocycles. The Balaban J connectivity index is 1.33. The number of benzene rings is 2. The molecule has 1 N–H and O–H groups in total. The second-order valence-corrected chi connectivity index (χ2v) is 8.54. The maximum atomic E-state index is 13.8. The van der Waals surface area contributed by atoms with E-state index >= 15 is 0 Å². The van der Waals surface area contributed by atoms with Crippen LogP contribution in [0.2, 0.25) is 0 Å². The van der Waals surface area contributed by atoms with Gasteiger partial charge in [0, 0.05) is 29.6 Å². The third-order valence-electron chi connectivity index (χ3n) is 6.78. The van der Waals surface area contributed by atoms with Crippen molar-refractivity contribution in [2.24, 2.45) is 5.92 Å². The minimum absolute atomic E-state index is 0.0666. The van der Waals surface area contributed by atoms with Crippen molar-refractivity contribution in [1.29, 1.82) is 0 Å². The highest BCUT2D eigenvalue weighted by atomic mass is 19.1. The van der Waals surface area contributed by atoms with E-state index in [1.807, 2.05) is 12.3 Å². The minimum atomic E-state index is -0.390. The van der Waals surface area contributed by atoms with E-state index in [1.165, 1.54) is 17.7 Å². The number of fused-ring (bicyclic) bond motifs is 2. The number of non-ortho nitro benzene ring substituents is 1. The Bertz CT molecular complexity index is 1280. The van der Waals surface area contributed by atoms with E-state index in [0.717, 1.165) is 47.9 Å². The summed E-state index contributed by atoms with van der Waals surface area (Å²) in [5.74, 6) is 1.77. The number of rotatable bonds is 4. The highest BCUT2D eigenvalue weighted by Crippen LogP contribution is 2.43. The molecule has 0 amide bonds. The zero-order chi connectivity index (χ0) is 21.5. The van der Waals surface area contributed by atoms with Crippen molar-refractivity contribution in [2.45, 2.75) is 44.4 Å². The van der Waals surface area contributed by atoms with Crippen molar-refractivity contribution in [3.05, 3.63) is 76.0 Å². The molecule has 1 aliphatic carbocycles. The Morgan fingerprint density at radius 1 is 1.10 bits per heavy atom. The van der Waals surface area contributed by atoms with Gasteiger partial charge in [0.15, 0.2) is 0 Å². The molecule has 0 saturated heterocycles. The maximum Gasteiger partial charge on any atom is 0.271 e. The highest BCUT2D eigenvalue weighted by molar-refractivity contribution is 5.82. The van der Waals surface area contributed by atoms with Crippen LogP contribution in [0.3, 0.4) is 0 Å². The molecule has 0 spiro atoms. The average Bonchev–Trinajstić information content (AvgIpc) is 3.21. The smallest absolute Gasteiger partial charge is 0.271 e. The molecule has 1 atom stereocenters. The first-order valence-corrected chi connectivity index (χ1v) is 10.7. The van der Waals surface area contributed by atoms with Crippen molar-refractivity contribution >= 4 is 27.6 Å². The number of halogens is 1.